The van der Waals surface area contributed by atoms with Crippen LogP contribution in [0.3, 0.4) is 0 Å². The first-order chi connectivity index (χ1) is 11.6. The summed E-state index contributed by atoms with van der Waals surface area (Å²) >= 11 is 1.77. The lowest BCUT2D eigenvalue weighted by Crippen LogP contribution is -2.15. The molecule has 1 aromatic heterocycles. The third-order valence-electron chi connectivity index (χ3n) is 4.35. The summed E-state index contributed by atoms with van der Waals surface area (Å²) in [5.74, 6) is 1.25. The van der Waals surface area contributed by atoms with E-state index < -0.39 is 0 Å². The first-order valence-electron chi connectivity index (χ1n) is 8.99. The van der Waals surface area contributed by atoms with Gasteiger partial charge in [-0.3, -0.25) is 0 Å². The second-order valence-corrected chi connectivity index (χ2v) is 7.62. The number of nitrogens with two attached hydrogens (primary N) is 1. The maximum atomic E-state index is 5.99. The van der Waals surface area contributed by atoms with Crippen LogP contribution >= 0.6 is 11.3 Å². The number of ether oxygens (including phenoxy) is 1. The largest absolute Gasteiger partial charge is 0.494 e. The molecule has 0 aliphatic rings. The van der Waals surface area contributed by atoms with Gasteiger partial charge in [-0.15, -0.1) is 11.3 Å². The van der Waals surface area contributed by atoms with Crippen LogP contribution in [0.25, 0.3) is 0 Å². The molecule has 1 aromatic carbocycles. The predicted octanol–water partition coefficient (Wildman–Crippen LogP) is 5.00. The van der Waals surface area contributed by atoms with E-state index >= 15 is 0 Å². The highest BCUT2D eigenvalue weighted by atomic mass is 32.1. The van der Waals surface area contributed by atoms with Gasteiger partial charge >= 0.3 is 0 Å². The van der Waals surface area contributed by atoms with E-state index in [1.165, 1.54) is 29.7 Å². The minimum absolute atomic E-state index is 0.295. The van der Waals surface area contributed by atoms with Gasteiger partial charge < -0.3 is 10.5 Å². The van der Waals surface area contributed by atoms with Crippen molar-refractivity contribution in [3.63, 3.8) is 0 Å². The molecular formula is C20H30N2OS. The molecular weight excluding hydrogens is 316 g/mol. The predicted molar refractivity (Wildman–Crippen MR) is 103 cm³/mol. The van der Waals surface area contributed by atoms with Gasteiger partial charge in [0.1, 0.15) is 5.75 Å². The molecule has 0 aliphatic carbocycles. The van der Waals surface area contributed by atoms with Crippen molar-refractivity contribution in [2.24, 2.45) is 5.73 Å². The molecule has 2 aromatic rings. The molecule has 1 heterocycles. The maximum absolute atomic E-state index is 5.99. The average Bonchev–Trinajstić information content (AvgIpc) is 2.92. The van der Waals surface area contributed by atoms with Crippen LogP contribution in [-0.4, -0.2) is 18.1 Å². The molecule has 1 unspecified atom stereocenters. The van der Waals surface area contributed by atoms with E-state index in [2.05, 4.69) is 50.0 Å². The van der Waals surface area contributed by atoms with Crippen LogP contribution in [0.4, 0.5) is 0 Å². The van der Waals surface area contributed by atoms with E-state index in [1.54, 1.807) is 11.3 Å². The summed E-state index contributed by atoms with van der Waals surface area (Å²) in [6, 6.07) is 8.44. The van der Waals surface area contributed by atoms with Crippen molar-refractivity contribution in [2.75, 3.05) is 13.2 Å². The van der Waals surface area contributed by atoms with Crippen molar-refractivity contribution in [1.82, 2.24) is 4.98 Å². The van der Waals surface area contributed by atoms with Crippen LogP contribution in [0.1, 0.15) is 59.7 Å². The molecule has 132 valence electrons. The summed E-state index contributed by atoms with van der Waals surface area (Å²) < 4.78 is 5.81. The first-order valence-corrected chi connectivity index (χ1v) is 9.81. The van der Waals surface area contributed by atoms with Crippen molar-refractivity contribution in [2.45, 2.75) is 58.8 Å². The summed E-state index contributed by atoms with van der Waals surface area (Å²) in [6.07, 6.45) is 5.86. The minimum Gasteiger partial charge on any atom is -0.494 e. The van der Waals surface area contributed by atoms with Gasteiger partial charge in [-0.1, -0.05) is 38.3 Å². The molecule has 0 saturated carbocycles. The first kappa shape index (κ1) is 18.9. The van der Waals surface area contributed by atoms with Gasteiger partial charge in [-0.2, -0.15) is 0 Å². The summed E-state index contributed by atoms with van der Waals surface area (Å²) in [4.78, 5) is 5.96. The van der Waals surface area contributed by atoms with Crippen LogP contribution in [0.15, 0.2) is 24.3 Å². The van der Waals surface area contributed by atoms with Gasteiger partial charge in [0.15, 0.2) is 0 Å². The average molecular weight is 347 g/mol. The highest BCUT2D eigenvalue weighted by Gasteiger charge is 2.16. The number of benzene rings is 1. The van der Waals surface area contributed by atoms with Crippen molar-refractivity contribution >= 4 is 11.3 Å². The molecule has 1 atom stereocenters. The van der Waals surface area contributed by atoms with Crippen molar-refractivity contribution < 1.29 is 4.74 Å². The number of aromatic nitrogens is 1. The van der Waals surface area contributed by atoms with Gasteiger partial charge in [0.2, 0.25) is 0 Å². The SMILES string of the molecule is CCCCCCOc1ccc(CC(CN)c2nc(C)c(C)s2)cc1. The zero-order valence-corrected chi connectivity index (χ0v) is 16.0. The molecule has 0 saturated heterocycles. The van der Waals surface area contributed by atoms with E-state index in [9.17, 15) is 0 Å². The van der Waals surface area contributed by atoms with Crippen molar-refractivity contribution in [1.29, 1.82) is 0 Å². The Bertz CT molecular complexity index is 587. The van der Waals surface area contributed by atoms with E-state index in [0.717, 1.165) is 35.9 Å². The normalized spacial score (nSPS) is 12.3. The number of rotatable bonds is 10. The second-order valence-electron chi connectivity index (χ2n) is 6.38. The molecule has 0 bridgehead atoms. The van der Waals surface area contributed by atoms with Crippen LogP contribution in [0.5, 0.6) is 5.75 Å². The molecule has 3 nitrogen and oxygen atoms in total. The molecule has 0 aliphatic heterocycles. The van der Waals surface area contributed by atoms with Gasteiger partial charge in [0.05, 0.1) is 17.3 Å². The third-order valence-corrected chi connectivity index (χ3v) is 5.59. The zero-order valence-electron chi connectivity index (χ0n) is 15.2. The summed E-state index contributed by atoms with van der Waals surface area (Å²) in [6.45, 7) is 7.85. The fraction of sp³-hybridized carbons (Fsp3) is 0.550. The van der Waals surface area contributed by atoms with Crippen LogP contribution in [0.2, 0.25) is 0 Å². The van der Waals surface area contributed by atoms with Gasteiger partial charge in [-0.25, -0.2) is 4.98 Å². The van der Waals surface area contributed by atoms with Gasteiger partial charge in [0, 0.05) is 17.3 Å². The van der Waals surface area contributed by atoms with E-state index in [1.807, 2.05) is 0 Å². The highest BCUT2D eigenvalue weighted by Crippen LogP contribution is 2.27. The molecule has 0 spiro atoms. The molecule has 0 amide bonds. The van der Waals surface area contributed by atoms with Crippen LogP contribution in [0, 0.1) is 13.8 Å². The fourth-order valence-corrected chi connectivity index (χ4v) is 3.70. The van der Waals surface area contributed by atoms with Gasteiger partial charge in [-0.05, 0) is 44.4 Å². The lowest BCUT2D eigenvalue weighted by atomic mass is 10.00. The Morgan fingerprint density at radius 2 is 1.88 bits per heavy atom. The Labute approximate surface area is 150 Å². The lowest BCUT2D eigenvalue weighted by Gasteiger charge is -2.13. The summed E-state index contributed by atoms with van der Waals surface area (Å²) in [5, 5.41) is 1.16. The van der Waals surface area contributed by atoms with E-state index in [0.29, 0.717) is 12.5 Å². The molecule has 0 fully saturated rings. The number of unbranched alkanes of at least 4 members (excludes halogenated alkanes) is 3. The monoisotopic (exact) mass is 346 g/mol. The lowest BCUT2D eigenvalue weighted by molar-refractivity contribution is 0.305. The van der Waals surface area contributed by atoms with E-state index in [-0.39, 0.29) is 0 Å². The fourth-order valence-electron chi connectivity index (χ4n) is 2.67. The molecule has 4 heteroatoms. The molecule has 0 radical (unpaired) electrons. The minimum atomic E-state index is 0.295. The van der Waals surface area contributed by atoms with Gasteiger partial charge in [0.25, 0.3) is 0 Å². The van der Waals surface area contributed by atoms with Crippen molar-refractivity contribution in [3.05, 3.63) is 45.4 Å². The van der Waals surface area contributed by atoms with Crippen LogP contribution < -0.4 is 10.5 Å². The summed E-state index contributed by atoms with van der Waals surface area (Å²) in [7, 11) is 0. The van der Waals surface area contributed by atoms with Crippen molar-refractivity contribution in [3.8, 4) is 5.75 Å². The maximum Gasteiger partial charge on any atom is 0.119 e. The smallest absolute Gasteiger partial charge is 0.119 e. The Balaban J connectivity index is 1.87. The number of aryl methyl sites for hydroxylation is 2. The molecule has 24 heavy (non-hydrogen) atoms. The Morgan fingerprint density at radius 3 is 2.46 bits per heavy atom. The number of nitrogens with zero attached hydrogens (tertiary/aromatic N) is 1. The molecule has 2 N–H and O–H groups in total. The number of thiazole rings is 1. The Kier molecular flexibility index (Phi) is 7.73. The number of hydrogen-bond donors (Lipinski definition) is 1. The quantitative estimate of drug-likeness (QED) is 0.616. The Morgan fingerprint density at radius 1 is 1.12 bits per heavy atom. The standard InChI is InChI=1S/C20H30N2OS/c1-4-5-6-7-12-23-19-10-8-17(9-11-19)13-18(14-21)20-22-15(2)16(3)24-20/h8-11,18H,4-7,12-14,21H2,1-3H3. The van der Waals surface area contributed by atoms with Crippen LogP contribution in [-0.2, 0) is 6.42 Å². The molecule has 2 rings (SSSR count). The Hall–Kier alpha value is -1.39. The topological polar surface area (TPSA) is 48.1 Å². The zero-order chi connectivity index (χ0) is 17.4. The summed E-state index contributed by atoms with van der Waals surface area (Å²) in [5.41, 5.74) is 8.40. The third kappa shape index (κ3) is 5.60. The number of hydrogen-bond acceptors (Lipinski definition) is 4. The van der Waals surface area contributed by atoms with E-state index in [4.69, 9.17) is 10.5 Å². The second kappa shape index (κ2) is 9.80. The highest BCUT2D eigenvalue weighted by molar-refractivity contribution is 7.11.